The average Bonchev–Trinajstić information content (AvgIpc) is 3.34. The normalized spacial score (nSPS) is 17.5. The van der Waals surface area contributed by atoms with Gasteiger partial charge in [-0.1, -0.05) is 35.3 Å². The van der Waals surface area contributed by atoms with Gasteiger partial charge in [-0.2, -0.15) is 0 Å². The standard InChI is InChI=1S/C27H24Cl2N4OS/c1-16-13-21(17(2)32(16)19-8-6-7-18(28)14-19)26-25(23-9-4-5-12-30-23)31-27(35)33(26)20-10-11-24(34-3)22(29)15-20/h4-15,25-26H,1-3H3,(H,31,35)/t25-,26+/m0/s1. The molecule has 178 valence electrons. The number of thiocarbonyl (C=S) groups is 1. The van der Waals surface area contributed by atoms with Crippen molar-refractivity contribution in [1.82, 2.24) is 14.9 Å². The molecule has 1 aliphatic rings. The first kappa shape index (κ1) is 23.7. The van der Waals surface area contributed by atoms with Crippen LogP contribution in [-0.2, 0) is 0 Å². The van der Waals surface area contributed by atoms with E-state index in [0.29, 0.717) is 20.9 Å². The van der Waals surface area contributed by atoms with Crippen molar-refractivity contribution in [3.63, 3.8) is 0 Å². The summed E-state index contributed by atoms with van der Waals surface area (Å²) in [7, 11) is 1.60. The van der Waals surface area contributed by atoms with Gasteiger partial charge in [0, 0.05) is 34.0 Å². The second-order valence-electron chi connectivity index (χ2n) is 8.46. The number of pyridine rings is 1. The fourth-order valence-electron chi connectivity index (χ4n) is 4.85. The molecule has 1 fully saturated rings. The fourth-order valence-corrected chi connectivity index (χ4v) is 5.64. The van der Waals surface area contributed by atoms with Gasteiger partial charge in [-0.3, -0.25) is 4.98 Å². The molecule has 8 heteroatoms. The molecule has 5 nitrogen and oxygen atoms in total. The Morgan fingerprint density at radius 3 is 2.49 bits per heavy atom. The third kappa shape index (κ3) is 4.27. The largest absolute Gasteiger partial charge is 0.495 e. The first-order valence-corrected chi connectivity index (χ1v) is 12.3. The summed E-state index contributed by atoms with van der Waals surface area (Å²) >= 11 is 18.7. The molecular formula is C27H24Cl2N4OS. The lowest BCUT2D eigenvalue weighted by Gasteiger charge is -2.28. The Balaban J connectivity index is 1.68. The minimum atomic E-state index is -0.155. The van der Waals surface area contributed by atoms with Crippen molar-refractivity contribution < 1.29 is 4.74 Å². The van der Waals surface area contributed by atoms with Crippen LogP contribution >= 0.6 is 35.4 Å². The maximum absolute atomic E-state index is 6.51. The number of aromatic nitrogens is 2. The van der Waals surface area contributed by atoms with Crippen LogP contribution in [0.1, 0.15) is 34.7 Å². The average molecular weight is 523 g/mol. The molecule has 0 spiro atoms. The summed E-state index contributed by atoms with van der Waals surface area (Å²) in [4.78, 5) is 6.77. The lowest BCUT2D eigenvalue weighted by Crippen LogP contribution is -2.29. The summed E-state index contributed by atoms with van der Waals surface area (Å²) < 4.78 is 7.58. The predicted molar refractivity (Wildman–Crippen MR) is 146 cm³/mol. The Morgan fingerprint density at radius 1 is 0.971 bits per heavy atom. The molecule has 0 unspecified atom stereocenters. The topological polar surface area (TPSA) is 42.3 Å². The van der Waals surface area contributed by atoms with Crippen LogP contribution in [-0.4, -0.2) is 21.8 Å². The smallest absolute Gasteiger partial charge is 0.174 e. The number of benzene rings is 2. The maximum Gasteiger partial charge on any atom is 0.174 e. The zero-order valence-corrected chi connectivity index (χ0v) is 21.8. The van der Waals surface area contributed by atoms with Crippen LogP contribution in [0.3, 0.4) is 0 Å². The van der Waals surface area contributed by atoms with Gasteiger partial charge < -0.3 is 19.5 Å². The van der Waals surface area contributed by atoms with Crippen LogP contribution in [0.25, 0.3) is 5.69 Å². The third-order valence-corrected chi connectivity index (χ3v) is 7.21. The third-order valence-electron chi connectivity index (χ3n) is 6.37. The van der Waals surface area contributed by atoms with Crippen molar-refractivity contribution in [3.8, 4) is 11.4 Å². The number of aryl methyl sites for hydroxylation is 1. The fraction of sp³-hybridized carbons (Fsp3) is 0.185. The van der Waals surface area contributed by atoms with Gasteiger partial charge in [0.05, 0.1) is 29.9 Å². The van der Waals surface area contributed by atoms with Crippen molar-refractivity contribution in [2.75, 3.05) is 12.0 Å². The molecule has 4 aromatic rings. The van der Waals surface area contributed by atoms with Gasteiger partial charge in [0.1, 0.15) is 5.75 Å². The molecule has 0 bridgehead atoms. The first-order valence-electron chi connectivity index (χ1n) is 11.2. The number of rotatable bonds is 5. The van der Waals surface area contributed by atoms with E-state index in [2.05, 4.69) is 45.7 Å². The molecule has 2 aromatic heterocycles. The second-order valence-corrected chi connectivity index (χ2v) is 9.69. The van der Waals surface area contributed by atoms with E-state index in [1.165, 1.54) is 0 Å². The van der Waals surface area contributed by atoms with E-state index >= 15 is 0 Å². The molecule has 2 aromatic carbocycles. The number of methoxy groups -OCH3 is 1. The monoisotopic (exact) mass is 522 g/mol. The van der Waals surface area contributed by atoms with E-state index < -0.39 is 0 Å². The SMILES string of the molecule is COc1ccc(N2C(=S)N[C@@H](c3ccccn3)[C@H]2c2cc(C)n(-c3cccc(Cl)c3)c2C)cc1Cl. The van der Waals surface area contributed by atoms with Gasteiger partial charge in [0.25, 0.3) is 0 Å². The van der Waals surface area contributed by atoms with E-state index in [1.54, 1.807) is 13.3 Å². The van der Waals surface area contributed by atoms with Gasteiger partial charge in [0.15, 0.2) is 5.11 Å². The highest BCUT2D eigenvalue weighted by molar-refractivity contribution is 7.80. The lowest BCUT2D eigenvalue weighted by atomic mass is 9.96. The summed E-state index contributed by atoms with van der Waals surface area (Å²) in [5.41, 5.74) is 6.15. The van der Waals surface area contributed by atoms with Crippen LogP contribution < -0.4 is 15.0 Å². The quantitative estimate of drug-likeness (QED) is 0.286. The van der Waals surface area contributed by atoms with Gasteiger partial charge in [-0.25, -0.2) is 0 Å². The number of anilines is 1. The number of hydrogen-bond donors (Lipinski definition) is 1. The molecule has 1 saturated heterocycles. The van der Waals surface area contributed by atoms with Crippen LogP contribution in [0.5, 0.6) is 5.75 Å². The highest BCUT2D eigenvalue weighted by Gasteiger charge is 2.42. The summed E-state index contributed by atoms with van der Waals surface area (Å²) in [6.07, 6.45) is 1.80. The van der Waals surface area contributed by atoms with Crippen molar-refractivity contribution in [3.05, 3.63) is 106 Å². The van der Waals surface area contributed by atoms with E-state index in [-0.39, 0.29) is 12.1 Å². The Morgan fingerprint density at radius 2 is 1.80 bits per heavy atom. The molecule has 2 atom stereocenters. The van der Waals surface area contributed by atoms with Gasteiger partial charge in [-0.05, 0) is 86.2 Å². The molecule has 3 heterocycles. The number of nitrogens with zero attached hydrogens (tertiary/aromatic N) is 3. The lowest BCUT2D eigenvalue weighted by molar-refractivity contribution is 0.415. The number of ether oxygens (including phenoxy) is 1. The summed E-state index contributed by atoms with van der Waals surface area (Å²) in [6, 6.07) is 21.4. The molecule has 0 aliphatic carbocycles. The zero-order valence-electron chi connectivity index (χ0n) is 19.5. The number of hydrogen-bond acceptors (Lipinski definition) is 3. The van der Waals surface area contributed by atoms with Crippen LogP contribution in [0.4, 0.5) is 5.69 Å². The van der Waals surface area contributed by atoms with Crippen molar-refractivity contribution >= 4 is 46.2 Å². The Hall–Kier alpha value is -3.06. The van der Waals surface area contributed by atoms with Gasteiger partial charge in [0.2, 0.25) is 0 Å². The molecule has 1 N–H and O–H groups in total. The summed E-state index contributed by atoms with van der Waals surface area (Å²) in [5, 5.41) is 5.34. The highest BCUT2D eigenvalue weighted by Crippen LogP contribution is 2.45. The second kappa shape index (κ2) is 9.53. The molecule has 0 amide bonds. The minimum absolute atomic E-state index is 0.152. The minimum Gasteiger partial charge on any atom is -0.495 e. The molecule has 5 rings (SSSR count). The van der Waals surface area contributed by atoms with Crippen LogP contribution in [0, 0.1) is 13.8 Å². The number of halogens is 2. The zero-order chi connectivity index (χ0) is 24.7. The highest BCUT2D eigenvalue weighted by atomic mass is 35.5. The van der Waals surface area contributed by atoms with E-state index in [4.69, 9.17) is 40.2 Å². The van der Waals surface area contributed by atoms with E-state index in [0.717, 1.165) is 34.0 Å². The van der Waals surface area contributed by atoms with Crippen LogP contribution in [0.2, 0.25) is 10.0 Å². The Kier molecular flexibility index (Phi) is 6.45. The Labute approximate surface area is 220 Å². The maximum atomic E-state index is 6.51. The Bertz CT molecular complexity index is 1410. The van der Waals surface area contributed by atoms with Crippen molar-refractivity contribution in [2.45, 2.75) is 25.9 Å². The van der Waals surface area contributed by atoms with Gasteiger partial charge >= 0.3 is 0 Å². The van der Waals surface area contributed by atoms with Gasteiger partial charge in [-0.15, -0.1) is 0 Å². The molecule has 0 radical (unpaired) electrons. The van der Waals surface area contributed by atoms with Crippen molar-refractivity contribution in [2.24, 2.45) is 0 Å². The molecule has 35 heavy (non-hydrogen) atoms. The van der Waals surface area contributed by atoms with Crippen molar-refractivity contribution in [1.29, 1.82) is 0 Å². The molecule has 0 saturated carbocycles. The van der Waals surface area contributed by atoms with E-state index in [9.17, 15) is 0 Å². The predicted octanol–water partition coefficient (Wildman–Crippen LogP) is 6.98. The molecular weight excluding hydrogens is 499 g/mol. The molecule has 1 aliphatic heterocycles. The van der Waals surface area contributed by atoms with E-state index in [1.807, 2.05) is 54.6 Å². The van der Waals surface area contributed by atoms with Crippen LogP contribution in [0.15, 0.2) is 72.9 Å². The first-order chi connectivity index (χ1) is 16.9. The summed E-state index contributed by atoms with van der Waals surface area (Å²) in [6.45, 7) is 4.22. The summed E-state index contributed by atoms with van der Waals surface area (Å²) in [5.74, 6) is 0.616. The number of nitrogens with one attached hydrogen (secondary N) is 1.